The summed E-state index contributed by atoms with van der Waals surface area (Å²) in [5.74, 6) is -0.0394. The summed E-state index contributed by atoms with van der Waals surface area (Å²) in [4.78, 5) is 18.9. The molecule has 1 fully saturated rings. The highest BCUT2D eigenvalue weighted by Gasteiger charge is 2.29. The van der Waals surface area contributed by atoms with Gasteiger partial charge >= 0.3 is 0 Å². The molecule has 0 atom stereocenters. The van der Waals surface area contributed by atoms with E-state index in [0.29, 0.717) is 38.1 Å². The summed E-state index contributed by atoms with van der Waals surface area (Å²) in [7, 11) is -3.66. The van der Waals surface area contributed by atoms with Crippen LogP contribution in [0.5, 0.6) is 0 Å². The van der Waals surface area contributed by atoms with E-state index in [4.69, 9.17) is 0 Å². The van der Waals surface area contributed by atoms with Gasteiger partial charge in [-0.05, 0) is 58.4 Å². The number of amides is 1. The zero-order chi connectivity index (χ0) is 21.2. The number of aromatic nitrogens is 1. The molecule has 8 heteroatoms. The van der Waals surface area contributed by atoms with Crippen molar-refractivity contribution in [2.75, 3.05) is 32.7 Å². The molecular formula is C21H30N4O3S. The van der Waals surface area contributed by atoms with Gasteiger partial charge in [-0.1, -0.05) is 12.1 Å². The van der Waals surface area contributed by atoms with Gasteiger partial charge in [-0.2, -0.15) is 4.31 Å². The Balaban J connectivity index is 1.75. The van der Waals surface area contributed by atoms with Crippen molar-refractivity contribution >= 4 is 26.8 Å². The Bertz CT molecular complexity index is 999. The first-order chi connectivity index (χ1) is 13.6. The van der Waals surface area contributed by atoms with Gasteiger partial charge < -0.3 is 5.32 Å². The number of rotatable bonds is 4. The number of benzene rings is 1. The van der Waals surface area contributed by atoms with E-state index in [1.54, 1.807) is 18.3 Å². The van der Waals surface area contributed by atoms with E-state index in [1.165, 1.54) is 4.31 Å². The first kappa shape index (κ1) is 21.7. The maximum Gasteiger partial charge on any atom is 0.245 e. The minimum Gasteiger partial charge on any atom is -0.350 e. The molecule has 1 aromatic heterocycles. The number of aryl methyl sites for hydroxylation is 1. The van der Waals surface area contributed by atoms with Crippen molar-refractivity contribution in [1.29, 1.82) is 0 Å². The van der Waals surface area contributed by atoms with Gasteiger partial charge in [0, 0.05) is 36.8 Å². The lowest BCUT2D eigenvalue weighted by Gasteiger charge is -2.25. The van der Waals surface area contributed by atoms with Gasteiger partial charge in [0.15, 0.2) is 0 Å². The quantitative estimate of drug-likeness (QED) is 0.823. The fourth-order valence-corrected chi connectivity index (χ4v) is 5.23. The van der Waals surface area contributed by atoms with Crippen LogP contribution in [-0.2, 0) is 14.8 Å². The second-order valence-electron chi connectivity index (χ2n) is 8.67. The molecule has 1 aliphatic heterocycles. The molecule has 0 bridgehead atoms. The maximum absolute atomic E-state index is 13.3. The molecule has 7 nitrogen and oxygen atoms in total. The van der Waals surface area contributed by atoms with Gasteiger partial charge in [0.1, 0.15) is 4.90 Å². The largest absolute Gasteiger partial charge is 0.350 e. The molecule has 1 aliphatic rings. The van der Waals surface area contributed by atoms with Gasteiger partial charge in [0.25, 0.3) is 0 Å². The Labute approximate surface area is 173 Å². The molecule has 0 spiro atoms. The predicted octanol–water partition coefficient (Wildman–Crippen LogP) is 2.15. The summed E-state index contributed by atoms with van der Waals surface area (Å²) >= 11 is 0. The zero-order valence-electron chi connectivity index (χ0n) is 17.6. The summed E-state index contributed by atoms with van der Waals surface area (Å²) in [6.07, 6.45) is 2.37. The van der Waals surface area contributed by atoms with E-state index in [2.05, 4.69) is 10.3 Å². The molecule has 0 aliphatic carbocycles. The normalized spacial score (nSPS) is 17.2. The number of carbonyl (C=O) groups excluding carboxylic acids is 1. The summed E-state index contributed by atoms with van der Waals surface area (Å²) in [6.45, 7) is 10.1. The number of para-hydroxylation sites is 1. The first-order valence-electron chi connectivity index (χ1n) is 9.95. The van der Waals surface area contributed by atoms with Crippen molar-refractivity contribution in [3.8, 4) is 0 Å². The molecule has 0 radical (unpaired) electrons. The van der Waals surface area contributed by atoms with E-state index in [-0.39, 0.29) is 22.9 Å². The third-order valence-corrected chi connectivity index (χ3v) is 6.79. The van der Waals surface area contributed by atoms with E-state index < -0.39 is 10.0 Å². The highest BCUT2D eigenvalue weighted by molar-refractivity contribution is 7.89. The molecule has 2 aromatic rings. The van der Waals surface area contributed by atoms with Crippen molar-refractivity contribution in [1.82, 2.24) is 19.5 Å². The Hall–Kier alpha value is -2.03. The van der Waals surface area contributed by atoms with Gasteiger partial charge in [0.2, 0.25) is 15.9 Å². The average molecular weight is 419 g/mol. The molecule has 29 heavy (non-hydrogen) atoms. The van der Waals surface area contributed by atoms with Crippen LogP contribution in [0.25, 0.3) is 10.9 Å². The van der Waals surface area contributed by atoms with Crippen molar-refractivity contribution in [2.24, 2.45) is 0 Å². The van der Waals surface area contributed by atoms with Crippen LogP contribution >= 0.6 is 0 Å². The van der Waals surface area contributed by atoms with Crippen LogP contribution < -0.4 is 5.32 Å². The third-order valence-electron chi connectivity index (χ3n) is 4.86. The molecule has 1 amide bonds. The van der Waals surface area contributed by atoms with Crippen LogP contribution in [0.2, 0.25) is 0 Å². The predicted molar refractivity (Wildman–Crippen MR) is 114 cm³/mol. The van der Waals surface area contributed by atoms with E-state index in [0.717, 1.165) is 10.9 Å². The third kappa shape index (κ3) is 5.32. The molecule has 2 heterocycles. The number of nitrogens with zero attached hydrogens (tertiary/aromatic N) is 3. The number of sulfonamides is 1. The number of hydrogen-bond acceptors (Lipinski definition) is 5. The van der Waals surface area contributed by atoms with Crippen molar-refractivity contribution in [2.45, 2.75) is 44.6 Å². The Morgan fingerprint density at radius 3 is 2.66 bits per heavy atom. The van der Waals surface area contributed by atoms with E-state index in [1.807, 2.05) is 44.7 Å². The maximum atomic E-state index is 13.3. The second-order valence-corrected chi connectivity index (χ2v) is 10.6. The summed E-state index contributed by atoms with van der Waals surface area (Å²) in [5.41, 5.74) is 1.22. The number of hydrogen-bond donors (Lipinski definition) is 1. The molecule has 0 saturated carbocycles. The van der Waals surface area contributed by atoms with Crippen LogP contribution in [0.1, 0.15) is 32.8 Å². The fraction of sp³-hybridized carbons (Fsp3) is 0.524. The number of carbonyl (C=O) groups is 1. The Morgan fingerprint density at radius 2 is 1.93 bits per heavy atom. The topological polar surface area (TPSA) is 82.6 Å². The summed E-state index contributed by atoms with van der Waals surface area (Å²) in [5, 5.41) is 3.78. The molecule has 3 rings (SSSR count). The lowest BCUT2D eigenvalue weighted by molar-refractivity contribution is -0.123. The fourth-order valence-electron chi connectivity index (χ4n) is 3.60. The van der Waals surface area contributed by atoms with Gasteiger partial charge in [0.05, 0.1) is 12.1 Å². The highest BCUT2D eigenvalue weighted by atomic mass is 32.2. The van der Waals surface area contributed by atoms with Crippen molar-refractivity contribution < 1.29 is 13.2 Å². The lowest BCUT2D eigenvalue weighted by atomic mass is 10.1. The van der Waals surface area contributed by atoms with E-state index >= 15 is 0 Å². The Kier molecular flexibility index (Phi) is 6.26. The minimum atomic E-state index is -3.66. The number of fused-ring (bicyclic) bond motifs is 1. The molecule has 0 unspecified atom stereocenters. The van der Waals surface area contributed by atoms with Crippen LogP contribution in [-0.4, -0.2) is 66.8 Å². The lowest BCUT2D eigenvalue weighted by Crippen LogP contribution is -2.46. The molecule has 1 saturated heterocycles. The van der Waals surface area contributed by atoms with Crippen molar-refractivity contribution in [3.63, 3.8) is 0 Å². The summed E-state index contributed by atoms with van der Waals surface area (Å²) < 4.78 is 28.2. The first-order valence-corrected chi connectivity index (χ1v) is 11.4. The second kappa shape index (κ2) is 8.38. The number of pyridine rings is 1. The van der Waals surface area contributed by atoms with Crippen LogP contribution in [0.4, 0.5) is 0 Å². The van der Waals surface area contributed by atoms with Gasteiger partial charge in [-0.3, -0.25) is 14.7 Å². The minimum absolute atomic E-state index is 0.0394. The van der Waals surface area contributed by atoms with Crippen molar-refractivity contribution in [3.05, 3.63) is 36.0 Å². The smallest absolute Gasteiger partial charge is 0.245 e. The van der Waals surface area contributed by atoms with E-state index in [9.17, 15) is 13.2 Å². The average Bonchev–Trinajstić information content (AvgIpc) is 2.85. The Morgan fingerprint density at radius 1 is 1.17 bits per heavy atom. The monoisotopic (exact) mass is 418 g/mol. The zero-order valence-corrected chi connectivity index (χ0v) is 18.4. The summed E-state index contributed by atoms with van der Waals surface area (Å²) in [6, 6.07) is 7.21. The number of nitrogens with one attached hydrogen (secondary N) is 1. The molecule has 1 aromatic carbocycles. The molecule has 1 N–H and O–H groups in total. The standard InChI is InChI=1S/C21H30N4O3S/c1-16-13-17-7-5-8-18(20(17)22-14-16)29(27,28)25-10-6-9-24(11-12-25)15-19(26)23-21(2,3)4/h5,7-8,13-14H,6,9-12,15H2,1-4H3,(H,23,26). The highest BCUT2D eigenvalue weighted by Crippen LogP contribution is 2.25. The van der Waals surface area contributed by atoms with Gasteiger partial charge in [-0.25, -0.2) is 8.42 Å². The van der Waals surface area contributed by atoms with Crippen LogP contribution in [0.15, 0.2) is 35.4 Å². The van der Waals surface area contributed by atoms with Crippen LogP contribution in [0, 0.1) is 6.92 Å². The SMILES string of the molecule is Cc1cnc2c(S(=O)(=O)N3CCCN(CC(=O)NC(C)(C)C)CC3)cccc2c1. The molecular weight excluding hydrogens is 388 g/mol. The van der Waals surface area contributed by atoms with Crippen LogP contribution in [0.3, 0.4) is 0 Å². The van der Waals surface area contributed by atoms with Gasteiger partial charge in [-0.15, -0.1) is 0 Å². The molecule has 158 valence electrons.